The molecule has 0 amide bonds. The van der Waals surface area contributed by atoms with E-state index in [2.05, 4.69) is 16.2 Å². The Bertz CT molecular complexity index is 1280. The summed E-state index contributed by atoms with van der Waals surface area (Å²) in [5.74, 6) is 1.98. The van der Waals surface area contributed by atoms with Crippen molar-refractivity contribution in [1.82, 2.24) is 14.5 Å². The number of benzene rings is 2. The van der Waals surface area contributed by atoms with Crippen molar-refractivity contribution in [2.45, 2.75) is 32.4 Å². The molecule has 1 unspecified atom stereocenters. The Morgan fingerprint density at radius 1 is 1.21 bits per heavy atom. The van der Waals surface area contributed by atoms with E-state index in [0.717, 1.165) is 46.9 Å². The monoisotopic (exact) mass is 462 g/mol. The Morgan fingerprint density at radius 2 is 2.00 bits per heavy atom. The van der Waals surface area contributed by atoms with Crippen molar-refractivity contribution in [2.24, 2.45) is 5.16 Å². The van der Waals surface area contributed by atoms with E-state index in [1.165, 1.54) is 12.1 Å². The fourth-order valence-electron chi connectivity index (χ4n) is 4.75. The quantitative estimate of drug-likeness (QED) is 0.612. The lowest BCUT2D eigenvalue weighted by molar-refractivity contribution is -0.137. The predicted octanol–water partition coefficient (Wildman–Crippen LogP) is 4.31. The van der Waals surface area contributed by atoms with Crippen LogP contribution in [0.5, 0.6) is 5.75 Å². The number of hydrogen-bond acceptors (Lipinski definition) is 6. The van der Waals surface area contributed by atoms with Gasteiger partial charge in [-0.1, -0.05) is 11.2 Å². The maximum atomic E-state index is 13.5. The number of aryl methyl sites for hydroxylation is 2. The largest absolute Gasteiger partial charge is 0.495 e. The number of aliphatic hydroxyl groups excluding tert-OH is 1. The molecule has 1 fully saturated rings. The number of hydrogen-bond donors (Lipinski definition) is 1. The van der Waals surface area contributed by atoms with Gasteiger partial charge < -0.3 is 24.1 Å². The smallest absolute Gasteiger partial charge is 0.260 e. The second-order valence-corrected chi connectivity index (χ2v) is 8.61. The summed E-state index contributed by atoms with van der Waals surface area (Å²) >= 11 is 0. The van der Waals surface area contributed by atoms with Crippen molar-refractivity contribution in [3.8, 4) is 11.4 Å². The van der Waals surface area contributed by atoms with Crippen molar-refractivity contribution in [2.75, 3.05) is 20.3 Å². The number of fused-ring (bicyclic) bond motifs is 1. The average Bonchev–Trinajstić information content (AvgIpc) is 3.40. The summed E-state index contributed by atoms with van der Waals surface area (Å²) in [6.45, 7) is 4.30. The highest BCUT2D eigenvalue weighted by atomic mass is 19.1. The van der Waals surface area contributed by atoms with E-state index in [9.17, 15) is 9.50 Å². The van der Waals surface area contributed by atoms with E-state index in [4.69, 9.17) is 9.57 Å². The zero-order chi connectivity index (χ0) is 23.9. The van der Waals surface area contributed by atoms with Gasteiger partial charge in [0.05, 0.1) is 18.5 Å². The van der Waals surface area contributed by atoms with E-state index >= 15 is 0 Å². The van der Waals surface area contributed by atoms with E-state index in [0.29, 0.717) is 17.9 Å². The van der Waals surface area contributed by atoms with Crippen LogP contribution in [0.25, 0.3) is 11.8 Å². The molecule has 3 heterocycles. The van der Waals surface area contributed by atoms with Gasteiger partial charge in [0, 0.05) is 18.3 Å². The van der Waals surface area contributed by atoms with Crippen LogP contribution < -0.4 is 4.74 Å². The normalized spacial score (nSPS) is 20.8. The second-order valence-electron chi connectivity index (χ2n) is 8.61. The highest BCUT2D eigenvalue weighted by Crippen LogP contribution is 2.40. The fraction of sp³-hybridized carbons (Fsp3) is 0.308. The number of oxime groups is 1. The van der Waals surface area contributed by atoms with Gasteiger partial charge in [0.1, 0.15) is 24.0 Å². The first-order valence-electron chi connectivity index (χ1n) is 11.3. The molecule has 1 N–H and O–H groups in total. The molecule has 0 aliphatic carbocycles. The van der Waals surface area contributed by atoms with Crippen molar-refractivity contribution >= 4 is 11.9 Å². The van der Waals surface area contributed by atoms with Gasteiger partial charge in [-0.2, -0.15) is 0 Å². The molecule has 1 atom stereocenters. The molecule has 2 aliphatic rings. The van der Waals surface area contributed by atoms with E-state index < -0.39 is 5.72 Å². The van der Waals surface area contributed by atoms with Crippen LogP contribution in [0.15, 0.2) is 59.4 Å². The minimum Gasteiger partial charge on any atom is -0.495 e. The van der Waals surface area contributed by atoms with Crippen molar-refractivity contribution in [3.63, 3.8) is 0 Å². The van der Waals surface area contributed by atoms with Crippen LogP contribution in [0.3, 0.4) is 0 Å². The third-order valence-corrected chi connectivity index (χ3v) is 6.41. The number of aromatic nitrogens is 2. The summed E-state index contributed by atoms with van der Waals surface area (Å²) in [4.78, 5) is 12.3. The molecule has 0 radical (unpaired) electrons. The lowest BCUT2D eigenvalue weighted by Gasteiger charge is -2.38. The van der Waals surface area contributed by atoms with Crippen LogP contribution in [-0.2, 0) is 10.6 Å². The van der Waals surface area contributed by atoms with Crippen LogP contribution in [-0.4, -0.2) is 45.7 Å². The molecular weight excluding hydrogens is 435 g/mol. The Kier molecular flexibility index (Phi) is 5.61. The maximum Gasteiger partial charge on any atom is 0.260 e. The van der Waals surface area contributed by atoms with Gasteiger partial charge in [0.15, 0.2) is 5.84 Å². The molecule has 1 aromatic heterocycles. The van der Waals surface area contributed by atoms with Crippen LogP contribution in [0.2, 0.25) is 0 Å². The number of piperidine rings is 1. The maximum absolute atomic E-state index is 13.5. The molecule has 0 bridgehead atoms. The topological polar surface area (TPSA) is 72.1 Å². The molecule has 5 rings (SSSR count). The number of aliphatic hydroxyl groups is 1. The number of imidazole rings is 1. The highest BCUT2D eigenvalue weighted by molar-refractivity contribution is 6.03. The summed E-state index contributed by atoms with van der Waals surface area (Å²) in [7, 11) is 1.66. The van der Waals surface area contributed by atoms with Gasteiger partial charge in [-0.3, -0.25) is 0 Å². The Labute approximate surface area is 197 Å². The molecule has 3 aromatic rings. The Hall–Kier alpha value is -3.65. The number of methoxy groups -OCH3 is 1. The van der Waals surface area contributed by atoms with Crippen LogP contribution >= 0.6 is 0 Å². The van der Waals surface area contributed by atoms with Crippen molar-refractivity contribution < 1.29 is 19.1 Å². The highest BCUT2D eigenvalue weighted by Gasteiger charge is 2.49. The van der Waals surface area contributed by atoms with Gasteiger partial charge in [-0.05, 0) is 80.3 Å². The minimum absolute atomic E-state index is 0.300. The zero-order valence-corrected chi connectivity index (χ0v) is 19.5. The lowest BCUT2D eigenvalue weighted by atomic mass is 9.95. The van der Waals surface area contributed by atoms with Gasteiger partial charge in [0.25, 0.3) is 5.72 Å². The second kappa shape index (κ2) is 8.61. The third-order valence-electron chi connectivity index (χ3n) is 6.41. The summed E-state index contributed by atoms with van der Waals surface area (Å²) in [5, 5.41) is 14.7. The van der Waals surface area contributed by atoms with Gasteiger partial charge in [-0.15, -0.1) is 0 Å². The lowest BCUT2D eigenvalue weighted by Crippen LogP contribution is -2.51. The summed E-state index contributed by atoms with van der Waals surface area (Å²) in [6.07, 6.45) is 5.76. The molecule has 8 heteroatoms. The molecule has 7 nitrogen and oxygen atoms in total. The first-order chi connectivity index (χ1) is 16.4. The minimum atomic E-state index is -1.15. The number of rotatable bonds is 5. The number of ether oxygens (including phenoxy) is 1. The molecule has 2 aromatic carbocycles. The molecule has 176 valence electrons. The third kappa shape index (κ3) is 3.64. The average molecular weight is 463 g/mol. The van der Waals surface area contributed by atoms with E-state index in [1.807, 2.05) is 47.7 Å². The number of nitrogens with zero attached hydrogens (tertiary/aromatic N) is 4. The predicted molar refractivity (Wildman–Crippen MR) is 127 cm³/mol. The van der Waals surface area contributed by atoms with Gasteiger partial charge >= 0.3 is 0 Å². The van der Waals surface area contributed by atoms with Crippen LogP contribution in [0.1, 0.15) is 35.5 Å². The van der Waals surface area contributed by atoms with Gasteiger partial charge in [-0.25, -0.2) is 9.37 Å². The number of amidine groups is 1. The molecule has 0 spiro atoms. The first-order valence-corrected chi connectivity index (χ1v) is 11.3. The standard InChI is InChI=1S/C26H27FN4O3/c1-17-15-30(18(2)28-17)23-11-6-19(14-24(23)33-3)13-20-5-4-12-31-25(20)29-34-26(31,16-32)21-7-9-22(27)10-8-21/h6-11,13-15,32H,4-5,12,16H2,1-3H3/b20-13+. The molecular formula is C26H27FN4O3. The van der Waals surface area contributed by atoms with Crippen molar-refractivity contribution in [1.29, 1.82) is 0 Å². The van der Waals surface area contributed by atoms with Crippen LogP contribution in [0.4, 0.5) is 4.39 Å². The van der Waals surface area contributed by atoms with Crippen LogP contribution in [0, 0.1) is 19.7 Å². The summed E-state index contributed by atoms with van der Waals surface area (Å²) in [6, 6.07) is 12.0. The SMILES string of the molecule is COc1cc(/C=C2\CCCN3C2=NOC3(CO)c2ccc(F)cc2)ccc1-n1cc(C)nc1C. The molecule has 1 saturated heterocycles. The van der Waals surface area contributed by atoms with Crippen molar-refractivity contribution in [3.05, 3.63) is 82.7 Å². The summed E-state index contributed by atoms with van der Waals surface area (Å²) < 4.78 is 21.2. The fourth-order valence-corrected chi connectivity index (χ4v) is 4.75. The van der Waals surface area contributed by atoms with Gasteiger partial charge in [0.2, 0.25) is 0 Å². The zero-order valence-electron chi connectivity index (χ0n) is 19.5. The first kappa shape index (κ1) is 22.2. The van der Waals surface area contributed by atoms with E-state index in [-0.39, 0.29) is 12.4 Å². The Morgan fingerprint density at radius 3 is 2.68 bits per heavy atom. The molecule has 2 aliphatic heterocycles. The molecule has 0 saturated carbocycles. The number of halogens is 1. The summed E-state index contributed by atoms with van der Waals surface area (Å²) in [5.41, 5.74) is 3.35. The Balaban J connectivity index is 1.48. The molecule has 34 heavy (non-hydrogen) atoms. The van der Waals surface area contributed by atoms with E-state index in [1.54, 1.807) is 19.2 Å².